The van der Waals surface area contributed by atoms with E-state index < -0.39 is 28.0 Å². The number of hydrogen-bond donors (Lipinski definition) is 3. The predicted octanol–water partition coefficient (Wildman–Crippen LogP) is 8.90. The Labute approximate surface area is 242 Å². The minimum atomic E-state index is -4.29. The zero-order valence-electron chi connectivity index (χ0n) is 25.8. The van der Waals surface area contributed by atoms with Gasteiger partial charge in [-0.1, -0.05) is 162 Å². The number of nitrogens with one attached hydrogen (secondary N) is 1. The third-order valence-electron chi connectivity index (χ3n) is 7.81. The first kappa shape index (κ1) is 38.3. The van der Waals surface area contributed by atoms with E-state index in [1.807, 2.05) is 0 Å². The van der Waals surface area contributed by atoms with Crippen LogP contribution in [0.5, 0.6) is 0 Å². The van der Waals surface area contributed by atoms with Crippen LogP contribution in [0.15, 0.2) is 0 Å². The monoisotopic (exact) mass is 575 g/mol. The molecule has 0 aromatic carbocycles. The van der Waals surface area contributed by atoms with Crippen molar-refractivity contribution >= 4 is 16.0 Å². The summed E-state index contributed by atoms with van der Waals surface area (Å²) in [6.07, 6.45) is 29.0. The molecule has 0 aliphatic rings. The quantitative estimate of drug-likeness (QED) is 0.0586. The molecule has 39 heavy (non-hydrogen) atoms. The number of unbranched alkanes of at least 4 members (excludes halogenated alkanes) is 22. The Kier molecular flexibility index (Phi) is 27.0. The molecule has 0 heterocycles. The second kappa shape index (κ2) is 27.5. The van der Waals surface area contributed by atoms with Crippen LogP contribution >= 0.6 is 0 Å². The number of aliphatic hydroxyl groups excluding tert-OH is 1. The molecule has 0 saturated heterocycles. The second-order valence-electron chi connectivity index (χ2n) is 11.8. The molecule has 0 aromatic heterocycles. The van der Waals surface area contributed by atoms with Crippen LogP contribution in [0.2, 0.25) is 0 Å². The molecule has 0 bridgehead atoms. The molecule has 1 amide bonds. The first-order valence-corrected chi connectivity index (χ1v) is 18.3. The van der Waals surface area contributed by atoms with Crippen LogP contribution in [0.25, 0.3) is 0 Å². The van der Waals surface area contributed by atoms with Crippen LogP contribution in [0, 0.1) is 0 Å². The molecule has 0 aliphatic heterocycles. The number of carbonyl (C=O) groups is 1. The molecule has 234 valence electrons. The van der Waals surface area contributed by atoms with Crippen molar-refractivity contribution in [2.24, 2.45) is 0 Å². The summed E-state index contributed by atoms with van der Waals surface area (Å²) in [5.41, 5.74) is 0. The third-order valence-corrected chi connectivity index (χ3v) is 8.59. The number of hydrogen-bond acceptors (Lipinski definition) is 4. The molecule has 0 radical (unpaired) electrons. The van der Waals surface area contributed by atoms with Crippen molar-refractivity contribution in [3.05, 3.63) is 0 Å². The standard InChI is InChI=1S/C32H65NO5S/c1-3-5-7-9-11-13-15-16-18-20-22-24-26-28-32(35)33-30(29-39(36,37)38)31(34)27-25-23-21-19-17-14-12-10-8-6-4-2/h30-31,34H,3-29H2,1-2H3,(H,33,35)(H,36,37,38). The van der Waals surface area contributed by atoms with E-state index in [2.05, 4.69) is 19.2 Å². The molecule has 7 heteroatoms. The maximum Gasteiger partial charge on any atom is 0.266 e. The molecule has 2 unspecified atom stereocenters. The third kappa shape index (κ3) is 28.7. The molecule has 0 saturated carbocycles. The second-order valence-corrected chi connectivity index (χ2v) is 13.3. The van der Waals surface area contributed by atoms with Crippen LogP contribution < -0.4 is 5.32 Å². The summed E-state index contributed by atoms with van der Waals surface area (Å²) >= 11 is 0. The average molecular weight is 576 g/mol. The molecule has 0 aliphatic carbocycles. The zero-order chi connectivity index (χ0) is 29.0. The Morgan fingerprint density at radius 2 is 0.923 bits per heavy atom. The Bertz CT molecular complexity index is 640. The van der Waals surface area contributed by atoms with Crippen LogP contribution in [0.3, 0.4) is 0 Å². The molecule has 0 rings (SSSR count). The van der Waals surface area contributed by atoms with E-state index in [0.717, 1.165) is 38.5 Å². The number of carbonyl (C=O) groups excluding carboxylic acids is 1. The molecule has 0 spiro atoms. The number of rotatable bonds is 30. The Morgan fingerprint density at radius 1 is 0.590 bits per heavy atom. The van der Waals surface area contributed by atoms with E-state index in [4.69, 9.17) is 0 Å². The Morgan fingerprint density at radius 3 is 1.28 bits per heavy atom. The zero-order valence-corrected chi connectivity index (χ0v) is 26.6. The van der Waals surface area contributed by atoms with Crippen LogP contribution in [0.1, 0.15) is 181 Å². The smallest absolute Gasteiger partial charge is 0.266 e. The van der Waals surface area contributed by atoms with Crippen molar-refractivity contribution in [1.82, 2.24) is 5.32 Å². The lowest BCUT2D eigenvalue weighted by molar-refractivity contribution is -0.122. The number of aliphatic hydroxyl groups is 1. The largest absolute Gasteiger partial charge is 0.391 e. The highest BCUT2D eigenvalue weighted by Crippen LogP contribution is 2.15. The summed E-state index contributed by atoms with van der Waals surface area (Å²) in [4.78, 5) is 12.4. The van der Waals surface area contributed by atoms with E-state index in [9.17, 15) is 22.9 Å². The minimum Gasteiger partial charge on any atom is -0.391 e. The maximum atomic E-state index is 12.4. The molecule has 0 aromatic rings. The summed E-state index contributed by atoms with van der Waals surface area (Å²) in [6, 6.07) is -0.961. The van der Waals surface area contributed by atoms with Gasteiger partial charge >= 0.3 is 0 Å². The summed E-state index contributed by atoms with van der Waals surface area (Å²) in [6.45, 7) is 4.48. The van der Waals surface area contributed by atoms with Gasteiger partial charge in [0, 0.05) is 6.42 Å². The number of amides is 1. The fourth-order valence-corrected chi connectivity index (χ4v) is 6.04. The van der Waals surface area contributed by atoms with Gasteiger partial charge in [-0.05, 0) is 12.8 Å². The van der Waals surface area contributed by atoms with E-state index in [1.54, 1.807) is 0 Å². The summed E-state index contributed by atoms with van der Waals surface area (Å²) in [7, 11) is -4.29. The molecule has 0 fully saturated rings. The molecule has 3 N–H and O–H groups in total. The van der Waals surface area contributed by atoms with Crippen molar-refractivity contribution in [3.8, 4) is 0 Å². The fraction of sp³-hybridized carbons (Fsp3) is 0.969. The summed E-state index contributed by atoms with van der Waals surface area (Å²) in [5, 5.41) is 13.2. The molecule has 6 nitrogen and oxygen atoms in total. The van der Waals surface area contributed by atoms with Gasteiger partial charge in [0.2, 0.25) is 5.91 Å². The highest BCUT2D eigenvalue weighted by atomic mass is 32.2. The van der Waals surface area contributed by atoms with Crippen LogP contribution in [0.4, 0.5) is 0 Å². The molecular formula is C32H65NO5S. The van der Waals surface area contributed by atoms with Crippen molar-refractivity contribution in [2.45, 2.75) is 193 Å². The first-order chi connectivity index (χ1) is 18.8. The molecule has 2 atom stereocenters. The minimum absolute atomic E-state index is 0.246. The van der Waals surface area contributed by atoms with Gasteiger partial charge in [-0.2, -0.15) is 8.42 Å². The van der Waals surface area contributed by atoms with Crippen molar-refractivity contribution in [1.29, 1.82) is 0 Å². The van der Waals surface area contributed by atoms with E-state index in [1.165, 1.54) is 116 Å². The van der Waals surface area contributed by atoms with Crippen molar-refractivity contribution < 1.29 is 22.9 Å². The van der Waals surface area contributed by atoms with Gasteiger partial charge in [-0.3, -0.25) is 9.35 Å². The van der Waals surface area contributed by atoms with E-state index in [-0.39, 0.29) is 5.91 Å². The van der Waals surface area contributed by atoms with E-state index in [0.29, 0.717) is 12.8 Å². The van der Waals surface area contributed by atoms with Gasteiger partial charge < -0.3 is 10.4 Å². The summed E-state index contributed by atoms with van der Waals surface area (Å²) in [5.74, 6) is -0.888. The first-order valence-electron chi connectivity index (χ1n) is 16.7. The fourth-order valence-electron chi connectivity index (χ4n) is 5.28. The lowest BCUT2D eigenvalue weighted by Crippen LogP contribution is -2.47. The van der Waals surface area contributed by atoms with Crippen molar-refractivity contribution in [3.63, 3.8) is 0 Å². The van der Waals surface area contributed by atoms with Gasteiger partial charge in [0.15, 0.2) is 0 Å². The normalized spacial score (nSPS) is 13.4. The maximum absolute atomic E-state index is 12.4. The molecular weight excluding hydrogens is 510 g/mol. The Balaban J connectivity index is 3.94. The average Bonchev–Trinajstić information content (AvgIpc) is 2.88. The SMILES string of the molecule is CCCCCCCCCCCCCCCC(=O)NC(CS(=O)(=O)O)C(O)CCCCCCCCCCCCC. The van der Waals surface area contributed by atoms with Crippen LogP contribution in [-0.4, -0.2) is 41.9 Å². The van der Waals surface area contributed by atoms with Crippen molar-refractivity contribution in [2.75, 3.05) is 5.75 Å². The van der Waals surface area contributed by atoms with Gasteiger partial charge in [-0.15, -0.1) is 0 Å². The Hall–Kier alpha value is -0.660. The van der Waals surface area contributed by atoms with Gasteiger partial charge in [0.25, 0.3) is 10.1 Å². The predicted molar refractivity (Wildman–Crippen MR) is 166 cm³/mol. The van der Waals surface area contributed by atoms with Gasteiger partial charge in [0.05, 0.1) is 17.9 Å². The lowest BCUT2D eigenvalue weighted by Gasteiger charge is -2.23. The topological polar surface area (TPSA) is 104 Å². The van der Waals surface area contributed by atoms with E-state index >= 15 is 0 Å². The lowest BCUT2D eigenvalue weighted by atomic mass is 10.0. The van der Waals surface area contributed by atoms with Gasteiger partial charge in [0.1, 0.15) is 0 Å². The summed E-state index contributed by atoms with van der Waals surface area (Å²) < 4.78 is 32.3. The highest BCUT2D eigenvalue weighted by Gasteiger charge is 2.26. The highest BCUT2D eigenvalue weighted by molar-refractivity contribution is 7.85. The van der Waals surface area contributed by atoms with Gasteiger partial charge in [-0.25, -0.2) is 0 Å². The van der Waals surface area contributed by atoms with Crippen LogP contribution in [-0.2, 0) is 14.9 Å².